The number of aliphatic hydroxyl groups is 1. The highest BCUT2D eigenvalue weighted by atomic mass is 32.2. The van der Waals surface area contributed by atoms with E-state index >= 15 is 0 Å². The van der Waals surface area contributed by atoms with Crippen molar-refractivity contribution in [1.29, 1.82) is 0 Å². The van der Waals surface area contributed by atoms with Crippen LogP contribution in [-0.4, -0.2) is 171 Å². The molecule has 402 valence electrons. The van der Waals surface area contributed by atoms with Crippen LogP contribution in [0.5, 0.6) is 0 Å². The number of thioether (sulfide) groups is 1. The molecule has 1 fully saturated rings. The van der Waals surface area contributed by atoms with Crippen LogP contribution in [-0.2, 0) is 57.5 Å². The fourth-order valence-electron chi connectivity index (χ4n) is 7.33. The first kappa shape index (κ1) is 63.1. The van der Waals surface area contributed by atoms with Crippen molar-refractivity contribution in [3.63, 3.8) is 0 Å². The lowest BCUT2D eigenvalue weighted by Crippen LogP contribution is -2.61. The number of likely N-dealkylation sites (tertiary alicyclic amines) is 1. The monoisotopic (exact) mass is 1030 g/mol. The second-order valence-electron chi connectivity index (χ2n) is 17.8. The van der Waals surface area contributed by atoms with Gasteiger partial charge in [-0.05, 0) is 75.7 Å². The van der Waals surface area contributed by atoms with Crippen molar-refractivity contribution < 1.29 is 72.9 Å². The lowest BCUT2D eigenvalue weighted by molar-refractivity contribution is -0.143. The average Bonchev–Trinajstić information content (AvgIpc) is 3.82. The molecule has 0 unspecified atom stereocenters. The van der Waals surface area contributed by atoms with Crippen LogP contribution < -0.4 is 48.7 Å². The SMILES string of the molecule is CC[C@H](C)[C@H](NC(=O)[C@H](CC(=O)O)NC(=O)[C@H](CCCCNC(=O)CCC(=O)O)NC(=O)[C@@H]1CCCN1C(=O)[C@H](CCSC)NC(=O)[C@@H](NC(=O)[C@@H](N)[C@@H](C)O)[C@@H](C)CC)C(=O)N[C@H](C=O)CCC(N)=O. The van der Waals surface area contributed by atoms with Crippen LogP contribution in [0, 0.1) is 11.8 Å². The number of carbonyl (C=O) groups excluding carboxylic acids is 10. The van der Waals surface area contributed by atoms with Gasteiger partial charge in [0.1, 0.15) is 48.6 Å². The Balaban J connectivity index is 3.50. The van der Waals surface area contributed by atoms with Gasteiger partial charge in [0.05, 0.1) is 25.0 Å². The summed E-state index contributed by atoms with van der Waals surface area (Å²) in [6, 6.07) is -10.6. The molecule has 14 N–H and O–H groups in total. The number of nitrogens with one attached hydrogen (secondary N) is 7. The first-order valence-corrected chi connectivity index (χ1v) is 25.3. The van der Waals surface area contributed by atoms with Crippen molar-refractivity contribution in [2.45, 2.75) is 173 Å². The maximum Gasteiger partial charge on any atom is 0.305 e. The number of aliphatic hydroxyl groups excluding tert-OH is 1. The van der Waals surface area contributed by atoms with Crippen molar-refractivity contribution >= 4 is 83.2 Å². The zero-order valence-corrected chi connectivity index (χ0v) is 42.3. The lowest BCUT2D eigenvalue weighted by atomic mass is 9.97. The second kappa shape index (κ2) is 32.9. The predicted octanol–water partition coefficient (Wildman–Crippen LogP) is -2.47. The zero-order chi connectivity index (χ0) is 54.0. The Kier molecular flexibility index (Phi) is 29.2. The number of aldehydes is 1. The maximum absolute atomic E-state index is 14.3. The number of hydrogen-bond donors (Lipinski definition) is 12. The van der Waals surface area contributed by atoms with Gasteiger partial charge in [0.25, 0.3) is 0 Å². The highest BCUT2D eigenvalue weighted by Gasteiger charge is 2.41. The number of nitrogens with two attached hydrogens (primary N) is 2. The molecule has 11 atom stereocenters. The summed E-state index contributed by atoms with van der Waals surface area (Å²) in [7, 11) is 0. The molecule has 1 aliphatic rings. The Morgan fingerprint density at radius 2 is 1.28 bits per heavy atom. The van der Waals surface area contributed by atoms with Crippen molar-refractivity contribution in [3.8, 4) is 0 Å². The third-order valence-corrected chi connectivity index (χ3v) is 12.8. The normalized spacial score (nSPS) is 17.5. The van der Waals surface area contributed by atoms with Gasteiger partial charge < -0.3 is 73.7 Å². The second-order valence-corrected chi connectivity index (χ2v) is 18.7. The van der Waals surface area contributed by atoms with Crippen LogP contribution in [0.1, 0.15) is 118 Å². The van der Waals surface area contributed by atoms with Crippen molar-refractivity contribution in [2.75, 3.05) is 25.1 Å². The largest absolute Gasteiger partial charge is 0.481 e. The zero-order valence-electron chi connectivity index (χ0n) is 41.5. The van der Waals surface area contributed by atoms with Crippen LogP contribution in [0.25, 0.3) is 0 Å². The number of carboxylic acids is 2. The molecule has 9 amide bonds. The predicted molar refractivity (Wildman–Crippen MR) is 258 cm³/mol. The van der Waals surface area contributed by atoms with Gasteiger partial charge in [0.15, 0.2) is 0 Å². The Bertz CT molecular complexity index is 1860. The summed E-state index contributed by atoms with van der Waals surface area (Å²) in [5.74, 6) is -10.4. The number of carbonyl (C=O) groups is 12. The molecule has 1 heterocycles. The third-order valence-electron chi connectivity index (χ3n) is 12.1. The van der Waals surface area contributed by atoms with Gasteiger partial charge in [-0.15, -0.1) is 0 Å². The van der Waals surface area contributed by atoms with E-state index in [1.807, 2.05) is 0 Å². The van der Waals surface area contributed by atoms with Gasteiger partial charge in [-0.25, -0.2) is 0 Å². The van der Waals surface area contributed by atoms with Gasteiger partial charge in [-0.3, -0.25) is 52.7 Å². The van der Waals surface area contributed by atoms with Crippen molar-refractivity contribution in [2.24, 2.45) is 23.3 Å². The Morgan fingerprint density at radius 3 is 1.82 bits per heavy atom. The fraction of sp³-hybridized carbons (Fsp3) is 0.733. The number of carboxylic acid groups (broad SMARTS) is 2. The van der Waals surface area contributed by atoms with Gasteiger partial charge in [-0.1, -0.05) is 40.5 Å². The maximum atomic E-state index is 14.3. The number of nitrogens with zero attached hydrogens (tertiary/aromatic N) is 1. The minimum Gasteiger partial charge on any atom is -0.481 e. The molecule has 0 saturated carbocycles. The molecule has 1 aliphatic heterocycles. The summed E-state index contributed by atoms with van der Waals surface area (Å²) >= 11 is 1.39. The Morgan fingerprint density at radius 1 is 0.704 bits per heavy atom. The van der Waals surface area contributed by atoms with Gasteiger partial charge in [0.2, 0.25) is 53.2 Å². The number of hydrogen-bond acceptors (Lipinski definition) is 15. The van der Waals surface area contributed by atoms with Crippen LogP contribution in [0.3, 0.4) is 0 Å². The van der Waals surface area contributed by atoms with E-state index in [0.717, 1.165) is 0 Å². The molecule has 0 aromatic carbocycles. The van der Waals surface area contributed by atoms with Crippen LogP contribution in [0.15, 0.2) is 0 Å². The van der Waals surface area contributed by atoms with Gasteiger partial charge in [-0.2, -0.15) is 11.8 Å². The standard InChI is InChI=1S/C45H76N10O15S/c1-7-24(3)37(43(68)49-27(23-56)14-15-32(46)58)53-40(65)30(22-35(62)63)52-39(64)28(12-9-10-19-48-33(59)16-17-34(60)61)50-41(66)31-13-11-20-55(31)45(70)29(18-21-71-6)51-44(69)38(25(4)8-2)54-42(67)36(47)26(5)57/h23-31,36-38,57H,7-22,47H2,1-6H3,(H2,46,58)(H,48,59)(H,49,68)(H,50,66)(H,51,69)(H,52,64)(H,53,65)(H,54,67)(H,60,61)(H,62,63)/t24-,25-,26+,27-,28-,29-,30-,31-,36-,37-,38-/m0/s1. The van der Waals surface area contributed by atoms with Gasteiger partial charge >= 0.3 is 11.9 Å². The van der Waals surface area contributed by atoms with Crippen molar-refractivity contribution in [3.05, 3.63) is 0 Å². The smallest absolute Gasteiger partial charge is 0.305 e. The molecule has 25 nitrogen and oxygen atoms in total. The first-order valence-electron chi connectivity index (χ1n) is 23.9. The molecule has 0 spiro atoms. The molecule has 1 saturated heterocycles. The molecular formula is C45H76N10O15S. The summed E-state index contributed by atoms with van der Waals surface area (Å²) in [5, 5.41) is 46.3. The highest BCUT2D eigenvalue weighted by Crippen LogP contribution is 2.21. The Hall–Kier alpha value is -5.89. The van der Waals surface area contributed by atoms with Crippen LogP contribution in [0.2, 0.25) is 0 Å². The van der Waals surface area contributed by atoms with E-state index in [0.29, 0.717) is 31.3 Å². The number of primary amides is 1. The van der Waals surface area contributed by atoms with E-state index in [9.17, 15) is 67.7 Å². The van der Waals surface area contributed by atoms with Gasteiger partial charge in [0, 0.05) is 25.9 Å². The molecule has 0 aliphatic carbocycles. The lowest BCUT2D eigenvalue weighted by Gasteiger charge is -2.32. The number of rotatable bonds is 35. The third kappa shape index (κ3) is 22.8. The van der Waals surface area contributed by atoms with E-state index in [1.54, 1.807) is 34.0 Å². The summed E-state index contributed by atoms with van der Waals surface area (Å²) in [6.45, 7) is 8.28. The molecule has 0 aromatic rings. The number of amides is 9. The summed E-state index contributed by atoms with van der Waals surface area (Å²) in [4.78, 5) is 156. The summed E-state index contributed by atoms with van der Waals surface area (Å²) in [6.07, 6.45) is 0.542. The molecule has 0 aromatic heterocycles. The van der Waals surface area contributed by atoms with E-state index < -0.39 is 144 Å². The number of aliphatic carboxylic acids is 2. The number of unbranched alkanes of at least 4 members (excludes halogenated alkanes) is 1. The topological polar surface area (TPSA) is 405 Å². The molecule has 1 rings (SSSR count). The quantitative estimate of drug-likeness (QED) is 0.0231. The molecule has 0 radical (unpaired) electrons. The minimum absolute atomic E-state index is 0.0559. The van der Waals surface area contributed by atoms with Crippen LogP contribution >= 0.6 is 11.8 Å². The fourth-order valence-corrected chi connectivity index (χ4v) is 7.80. The highest BCUT2D eigenvalue weighted by molar-refractivity contribution is 7.98. The first-order chi connectivity index (χ1) is 33.4. The van der Waals surface area contributed by atoms with E-state index in [2.05, 4.69) is 37.2 Å². The summed E-state index contributed by atoms with van der Waals surface area (Å²) in [5.41, 5.74) is 11.0. The molecule has 71 heavy (non-hydrogen) atoms. The van der Waals surface area contributed by atoms with E-state index in [1.165, 1.54) is 23.6 Å². The summed E-state index contributed by atoms with van der Waals surface area (Å²) < 4.78 is 0. The van der Waals surface area contributed by atoms with Crippen molar-refractivity contribution in [1.82, 2.24) is 42.1 Å². The Labute approximate surface area is 418 Å². The minimum atomic E-state index is -1.82. The average molecular weight is 1030 g/mol. The molecular weight excluding hydrogens is 953 g/mol. The molecule has 26 heteroatoms. The molecule has 0 bridgehead atoms. The van der Waals surface area contributed by atoms with E-state index in [-0.39, 0.29) is 64.5 Å². The van der Waals surface area contributed by atoms with E-state index in [4.69, 9.17) is 16.6 Å². The van der Waals surface area contributed by atoms with Crippen LogP contribution in [0.4, 0.5) is 0 Å².